The Kier molecular flexibility index (Phi) is 9.99. The van der Waals surface area contributed by atoms with Gasteiger partial charge in [-0.2, -0.15) is 4.57 Å². The third-order valence-electron chi connectivity index (χ3n) is 8.97. The average molecular weight is 678 g/mol. The molecule has 0 saturated carbocycles. The van der Waals surface area contributed by atoms with E-state index < -0.39 is 6.04 Å². The third kappa shape index (κ3) is 6.20. The van der Waals surface area contributed by atoms with Crippen molar-refractivity contribution in [1.82, 2.24) is 4.98 Å². The van der Waals surface area contributed by atoms with Crippen LogP contribution in [-0.4, -0.2) is 61.9 Å². The first-order valence-electron chi connectivity index (χ1n) is 15.9. The van der Waals surface area contributed by atoms with Crippen LogP contribution in [-0.2, 0) is 6.42 Å². The lowest BCUT2D eigenvalue weighted by Crippen LogP contribution is -2.45. The molecule has 0 bridgehead atoms. The largest absolute Gasteiger partial charge is 0.493 e. The van der Waals surface area contributed by atoms with Gasteiger partial charge >= 0.3 is 0 Å². The molecule has 6 aromatic rings. The first kappa shape index (κ1) is 34.0. The molecule has 6 rings (SSSR count). The minimum atomic E-state index is -0.441. The number of pyridine rings is 2. The SMILES string of the molecule is COc1ccc(Cc2c3cc(OC)c(OC)cc3cc[n+]2C(c2ccc(OC)c(OC)c2)c2nccc3cc(OC)c(OC)cc23)cc1OC. The maximum atomic E-state index is 5.81. The number of ether oxygens (including phenoxy) is 8. The van der Waals surface area contributed by atoms with E-state index in [0.717, 1.165) is 44.1 Å². The molecule has 0 fully saturated rings. The molecule has 258 valence electrons. The van der Waals surface area contributed by atoms with Crippen LogP contribution in [0.4, 0.5) is 0 Å². The van der Waals surface area contributed by atoms with E-state index in [2.05, 4.69) is 16.8 Å². The fourth-order valence-corrected chi connectivity index (χ4v) is 6.50. The van der Waals surface area contributed by atoms with Crippen molar-refractivity contribution in [3.63, 3.8) is 0 Å². The Morgan fingerprint density at radius 1 is 0.500 bits per heavy atom. The van der Waals surface area contributed by atoms with E-state index in [9.17, 15) is 0 Å². The van der Waals surface area contributed by atoms with Crippen molar-refractivity contribution < 1.29 is 42.5 Å². The summed E-state index contributed by atoms with van der Waals surface area (Å²) in [7, 11) is 13.1. The molecular formula is C40H41N2O8+. The fourth-order valence-electron chi connectivity index (χ4n) is 6.50. The number of aromatic nitrogens is 2. The molecule has 0 saturated heterocycles. The highest BCUT2D eigenvalue weighted by molar-refractivity contribution is 5.89. The molecule has 0 amide bonds. The molecule has 0 N–H and O–H groups in total. The molecule has 50 heavy (non-hydrogen) atoms. The third-order valence-corrected chi connectivity index (χ3v) is 8.97. The lowest BCUT2D eigenvalue weighted by atomic mass is 9.94. The Balaban J connectivity index is 1.71. The van der Waals surface area contributed by atoms with Crippen LogP contribution in [0.2, 0.25) is 0 Å². The molecule has 0 aliphatic carbocycles. The number of rotatable bonds is 13. The van der Waals surface area contributed by atoms with Crippen molar-refractivity contribution in [3.05, 3.63) is 108 Å². The Morgan fingerprint density at radius 3 is 1.60 bits per heavy atom. The van der Waals surface area contributed by atoms with Gasteiger partial charge in [0.05, 0.1) is 68.7 Å². The monoisotopic (exact) mass is 677 g/mol. The van der Waals surface area contributed by atoms with Crippen LogP contribution in [0.25, 0.3) is 21.5 Å². The van der Waals surface area contributed by atoms with Crippen LogP contribution in [0.1, 0.15) is 28.6 Å². The summed E-state index contributed by atoms with van der Waals surface area (Å²) in [6.07, 6.45) is 4.44. The van der Waals surface area contributed by atoms with Gasteiger partial charge in [-0.3, -0.25) is 4.98 Å². The number of fused-ring (bicyclic) bond motifs is 2. The van der Waals surface area contributed by atoms with Gasteiger partial charge in [0.15, 0.2) is 57.9 Å². The zero-order valence-electron chi connectivity index (χ0n) is 29.5. The van der Waals surface area contributed by atoms with Crippen molar-refractivity contribution >= 4 is 21.5 Å². The summed E-state index contributed by atoms with van der Waals surface area (Å²) >= 11 is 0. The van der Waals surface area contributed by atoms with Gasteiger partial charge in [0.1, 0.15) is 5.69 Å². The molecule has 0 radical (unpaired) electrons. The summed E-state index contributed by atoms with van der Waals surface area (Å²) in [5.41, 5.74) is 3.74. The Hall–Kier alpha value is -5.90. The van der Waals surface area contributed by atoms with Gasteiger partial charge in [0.2, 0.25) is 6.04 Å². The van der Waals surface area contributed by atoms with Crippen molar-refractivity contribution in [2.24, 2.45) is 0 Å². The first-order chi connectivity index (χ1) is 24.4. The van der Waals surface area contributed by atoms with Crippen LogP contribution >= 0.6 is 0 Å². The molecule has 1 atom stereocenters. The second-order valence-electron chi connectivity index (χ2n) is 11.5. The van der Waals surface area contributed by atoms with Crippen LogP contribution in [0.5, 0.6) is 46.0 Å². The second kappa shape index (κ2) is 14.7. The summed E-state index contributed by atoms with van der Waals surface area (Å²) in [4.78, 5) is 5.06. The normalized spacial score (nSPS) is 11.6. The van der Waals surface area contributed by atoms with E-state index in [-0.39, 0.29) is 0 Å². The minimum Gasteiger partial charge on any atom is -0.493 e. The van der Waals surface area contributed by atoms with E-state index in [4.69, 9.17) is 42.9 Å². The maximum Gasteiger partial charge on any atom is 0.226 e. The van der Waals surface area contributed by atoms with Gasteiger partial charge in [0, 0.05) is 23.2 Å². The standard InChI is InChI=1S/C40H41N2O8/c1-43-31-11-9-24(18-33(31)45-3)17-30-28-22-37(49-7)36(48-6)20-26(28)14-16-42(30)40(27-10-12-32(44-2)34(21-27)46-4)39-29-23-38(50-8)35(47-5)19-25(29)13-15-41-39/h9-16,18-23,40H,17H2,1-8H3/q+1. The molecule has 0 spiro atoms. The molecule has 0 aliphatic rings. The molecule has 4 aromatic carbocycles. The fraction of sp³-hybridized carbons (Fsp3) is 0.250. The molecular weight excluding hydrogens is 636 g/mol. The van der Waals surface area contributed by atoms with Crippen LogP contribution in [0, 0.1) is 0 Å². The van der Waals surface area contributed by atoms with E-state index in [1.165, 1.54) is 0 Å². The van der Waals surface area contributed by atoms with Gasteiger partial charge in [-0.05, 0) is 77.0 Å². The van der Waals surface area contributed by atoms with E-state index in [0.29, 0.717) is 52.4 Å². The maximum absolute atomic E-state index is 5.81. The minimum absolute atomic E-state index is 0.441. The van der Waals surface area contributed by atoms with Gasteiger partial charge in [-0.15, -0.1) is 0 Å². The quantitative estimate of drug-likeness (QED) is 0.120. The van der Waals surface area contributed by atoms with Gasteiger partial charge in [-0.1, -0.05) is 6.07 Å². The Morgan fingerprint density at radius 2 is 1.00 bits per heavy atom. The van der Waals surface area contributed by atoms with Crippen molar-refractivity contribution in [2.75, 3.05) is 56.9 Å². The second-order valence-corrected chi connectivity index (χ2v) is 11.5. The number of hydrogen-bond acceptors (Lipinski definition) is 9. The van der Waals surface area contributed by atoms with Crippen molar-refractivity contribution in [1.29, 1.82) is 0 Å². The van der Waals surface area contributed by atoms with Crippen LogP contribution in [0.3, 0.4) is 0 Å². The zero-order chi connectivity index (χ0) is 35.4. The van der Waals surface area contributed by atoms with Crippen LogP contribution < -0.4 is 42.5 Å². The van der Waals surface area contributed by atoms with E-state index in [1.54, 1.807) is 56.9 Å². The summed E-state index contributed by atoms with van der Waals surface area (Å²) in [5.74, 6) is 5.02. The van der Waals surface area contributed by atoms with Crippen molar-refractivity contribution in [3.8, 4) is 46.0 Å². The number of hydrogen-bond donors (Lipinski definition) is 0. The molecule has 0 aliphatic heterocycles. The highest BCUT2D eigenvalue weighted by Gasteiger charge is 2.33. The van der Waals surface area contributed by atoms with Crippen molar-refractivity contribution in [2.45, 2.75) is 12.5 Å². The summed E-state index contributed by atoms with van der Waals surface area (Å²) < 4.78 is 47.9. The van der Waals surface area contributed by atoms with Gasteiger partial charge in [0.25, 0.3) is 0 Å². The smallest absolute Gasteiger partial charge is 0.226 e. The molecule has 2 heterocycles. The summed E-state index contributed by atoms with van der Waals surface area (Å²) in [5, 5.41) is 3.82. The molecule has 2 aromatic heterocycles. The number of methoxy groups -OCH3 is 8. The van der Waals surface area contributed by atoms with Gasteiger partial charge in [-0.25, -0.2) is 0 Å². The van der Waals surface area contributed by atoms with E-state index in [1.807, 2.05) is 72.9 Å². The topological polar surface area (TPSA) is 90.6 Å². The summed E-state index contributed by atoms with van der Waals surface area (Å²) in [6.45, 7) is 0. The number of nitrogens with zero attached hydrogens (tertiary/aromatic N) is 2. The highest BCUT2D eigenvalue weighted by Crippen LogP contribution is 2.40. The summed E-state index contributed by atoms with van der Waals surface area (Å²) in [6, 6.07) is 23.5. The molecule has 1 unspecified atom stereocenters. The predicted molar refractivity (Wildman–Crippen MR) is 191 cm³/mol. The van der Waals surface area contributed by atoms with Gasteiger partial charge < -0.3 is 37.9 Å². The number of benzene rings is 4. The van der Waals surface area contributed by atoms with Crippen LogP contribution in [0.15, 0.2) is 85.2 Å². The molecule has 10 heteroatoms. The first-order valence-corrected chi connectivity index (χ1v) is 15.9. The predicted octanol–water partition coefficient (Wildman–Crippen LogP) is 6.97. The lowest BCUT2D eigenvalue weighted by Gasteiger charge is -2.21. The lowest BCUT2D eigenvalue weighted by molar-refractivity contribution is -0.710. The highest BCUT2D eigenvalue weighted by atomic mass is 16.5. The Bertz CT molecular complexity index is 2170. The Labute approximate surface area is 291 Å². The molecule has 10 nitrogen and oxygen atoms in total. The van der Waals surface area contributed by atoms with E-state index >= 15 is 0 Å². The average Bonchev–Trinajstić information content (AvgIpc) is 3.17. The zero-order valence-corrected chi connectivity index (χ0v) is 29.5.